The Morgan fingerprint density at radius 2 is 1.97 bits per heavy atom. The second-order valence-corrected chi connectivity index (χ2v) is 8.92. The van der Waals surface area contributed by atoms with E-state index in [9.17, 15) is 0 Å². The van der Waals surface area contributed by atoms with Crippen molar-refractivity contribution in [2.45, 2.75) is 37.9 Å². The molecular formula is C22H21ClN4OS2. The summed E-state index contributed by atoms with van der Waals surface area (Å²) in [7, 11) is 0. The number of thioether (sulfide) groups is 1. The van der Waals surface area contributed by atoms with E-state index in [1.807, 2.05) is 24.3 Å². The fraction of sp³-hybridized carbons (Fsp3) is 0.227. The van der Waals surface area contributed by atoms with Crippen molar-refractivity contribution in [2.75, 3.05) is 0 Å². The topological polar surface area (TPSA) is 52.8 Å². The van der Waals surface area contributed by atoms with Crippen LogP contribution >= 0.6 is 34.7 Å². The number of aryl methyl sites for hydroxylation is 1. The molecule has 0 bridgehead atoms. The number of aromatic nitrogens is 4. The first-order valence-corrected chi connectivity index (χ1v) is 11.8. The van der Waals surface area contributed by atoms with Crippen molar-refractivity contribution in [1.29, 1.82) is 0 Å². The summed E-state index contributed by atoms with van der Waals surface area (Å²) in [6.07, 6.45) is 0. The highest BCUT2D eigenvalue weighted by Gasteiger charge is 2.13. The molecule has 0 aliphatic carbocycles. The van der Waals surface area contributed by atoms with Crippen LogP contribution in [0.2, 0.25) is 5.02 Å². The highest BCUT2D eigenvalue weighted by atomic mass is 35.5. The van der Waals surface area contributed by atoms with E-state index in [4.69, 9.17) is 21.3 Å². The van der Waals surface area contributed by atoms with E-state index < -0.39 is 0 Å². The second-order valence-electron chi connectivity index (χ2n) is 6.69. The molecule has 30 heavy (non-hydrogen) atoms. The van der Waals surface area contributed by atoms with Crippen molar-refractivity contribution >= 4 is 34.7 Å². The number of hydrogen-bond acceptors (Lipinski definition) is 6. The molecule has 5 nitrogen and oxygen atoms in total. The van der Waals surface area contributed by atoms with Gasteiger partial charge in [-0.1, -0.05) is 47.1 Å². The van der Waals surface area contributed by atoms with Crippen LogP contribution in [0, 0.1) is 6.92 Å². The van der Waals surface area contributed by atoms with Gasteiger partial charge in [0.25, 0.3) is 0 Å². The third-order valence-electron chi connectivity index (χ3n) is 4.46. The van der Waals surface area contributed by atoms with Crippen molar-refractivity contribution in [1.82, 2.24) is 19.7 Å². The molecule has 8 heteroatoms. The quantitative estimate of drug-likeness (QED) is 0.293. The van der Waals surface area contributed by atoms with E-state index in [-0.39, 0.29) is 0 Å². The lowest BCUT2D eigenvalue weighted by Crippen LogP contribution is -2.07. The molecule has 0 unspecified atom stereocenters. The molecule has 0 amide bonds. The summed E-state index contributed by atoms with van der Waals surface area (Å²) in [6.45, 7) is 5.31. The molecule has 0 radical (unpaired) electrons. The van der Waals surface area contributed by atoms with Crippen LogP contribution in [0.5, 0.6) is 5.75 Å². The standard InChI is InChI=1S/C22H21ClN4OS2/c1-3-27-20(12-28-19-9-7-17(23)8-10-19)25-26-22(27)30-14-18-13-29-21(24-18)16-6-4-5-15(2)11-16/h4-11,13H,3,12,14H2,1-2H3. The van der Waals surface area contributed by atoms with E-state index in [0.29, 0.717) is 11.6 Å². The Balaban J connectivity index is 1.40. The van der Waals surface area contributed by atoms with Crippen LogP contribution in [0.15, 0.2) is 59.1 Å². The fourth-order valence-corrected chi connectivity index (χ4v) is 4.91. The maximum Gasteiger partial charge on any atom is 0.191 e. The number of nitrogens with zero attached hydrogens (tertiary/aromatic N) is 4. The molecule has 0 spiro atoms. The van der Waals surface area contributed by atoms with Crippen LogP contribution < -0.4 is 4.74 Å². The smallest absolute Gasteiger partial charge is 0.191 e. The van der Waals surface area contributed by atoms with Crippen molar-refractivity contribution in [2.24, 2.45) is 0 Å². The van der Waals surface area contributed by atoms with Crippen LogP contribution in [0.3, 0.4) is 0 Å². The number of benzene rings is 2. The maximum absolute atomic E-state index is 5.92. The zero-order valence-corrected chi connectivity index (χ0v) is 19.1. The molecule has 0 saturated carbocycles. The molecule has 4 aromatic rings. The van der Waals surface area contributed by atoms with Gasteiger partial charge in [0, 0.05) is 28.3 Å². The lowest BCUT2D eigenvalue weighted by Gasteiger charge is -2.08. The largest absolute Gasteiger partial charge is 0.486 e. The van der Waals surface area contributed by atoms with Crippen LogP contribution in [-0.2, 0) is 18.9 Å². The predicted octanol–water partition coefficient (Wildman–Crippen LogP) is 6.25. The van der Waals surface area contributed by atoms with E-state index >= 15 is 0 Å². The molecule has 0 aliphatic heterocycles. The monoisotopic (exact) mass is 456 g/mol. The van der Waals surface area contributed by atoms with E-state index in [0.717, 1.165) is 45.3 Å². The van der Waals surface area contributed by atoms with E-state index in [1.54, 1.807) is 23.1 Å². The lowest BCUT2D eigenvalue weighted by molar-refractivity contribution is 0.288. The van der Waals surface area contributed by atoms with E-state index in [2.05, 4.69) is 58.3 Å². The van der Waals surface area contributed by atoms with Gasteiger partial charge in [0.05, 0.1) is 5.69 Å². The lowest BCUT2D eigenvalue weighted by atomic mass is 10.1. The SMILES string of the molecule is CCn1c(COc2ccc(Cl)cc2)nnc1SCc1csc(-c2cccc(C)c2)n1. The fourth-order valence-electron chi connectivity index (χ4n) is 2.95. The normalized spacial score (nSPS) is 11.0. The molecular weight excluding hydrogens is 436 g/mol. The first-order chi connectivity index (χ1) is 14.6. The molecule has 2 aromatic carbocycles. The van der Waals surface area contributed by atoms with Crippen LogP contribution in [0.25, 0.3) is 10.6 Å². The minimum atomic E-state index is 0.358. The Morgan fingerprint density at radius 3 is 2.73 bits per heavy atom. The summed E-state index contributed by atoms with van der Waals surface area (Å²) in [5, 5.41) is 13.4. The van der Waals surface area contributed by atoms with Gasteiger partial charge in [0.2, 0.25) is 0 Å². The average molecular weight is 457 g/mol. The molecule has 4 rings (SSSR count). The predicted molar refractivity (Wildman–Crippen MR) is 123 cm³/mol. The van der Waals surface area contributed by atoms with Crippen LogP contribution in [0.1, 0.15) is 24.0 Å². The van der Waals surface area contributed by atoms with Crippen molar-refractivity contribution in [3.05, 3.63) is 76.0 Å². The Morgan fingerprint density at radius 1 is 1.13 bits per heavy atom. The number of rotatable bonds is 8. The first-order valence-electron chi connectivity index (χ1n) is 9.57. The third kappa shape index (κ3) is 5.03. The van der Waals surface area contributed by atoms with Gasteiger partial charge in [-0.2, -0.15) is 0 Å². The zero-order chi connectivity index (χ0) is 20.9. The Hall–Kier alpha value is -2.35. The van der Waals surface area contributed by atoms with Gasteiger partial charge < -0.3 is 9.30 Å². The molecule has 0 fully saturated rings. The zero-order valence-electron chi connectivity index (χ0n) is 16.7. The molecule has 0 saturated heterocycles. The van der Waals surface area contributed by atoms with Gasteiger partial charge in [0.1, 0.15) is 17.4 Å². The maximum atomic E-state index is 5.92. The number of halogens is 1. The molecule has 0 aliphatic rings. The van der Waals surface area contributed by atoms with Crippen molar-refractivity contribution < 1.29 is 4.74 Å². The highest BCUT2D eigenvalue weighted by Crippen LogP contribution is 2.28. The minimum absolute atomic E-state index is 0.358. The Labute approximate surface area is 189 Å². The second kappa shape index (κ2) is 9.64. The summed E-state index contributed by atoms with van der Waals surface area (Å²) in [5.74, 6) is 2.30. The summed E-state index contributed by atoms with van der Waals surface area (Å²) < 4.78 is 7.90. The molecule has 2 aromatic heterocycles. The minimum Gasteiger partial charge on any atom is -0.486 e. The van der Waals surface area contributed by atoms with Gasteiger partial charge in [-0.3, -0.25) is 0 Å². The summed E-state index contributed by atoms with van der Waals surface area (Å²) >= 11 is 9.23. The van der Waals surface area contributed by atoms with Gasteiger partial charge in [-0.15, -0.1) is 21.5 Å². The number of hydrogen-bond donors (Lipinski definition) is 0. The summed E-state index contributed by atoms with van der Waals surface area (Å²) in [4.78, 5) is 4.79. The highest BCUT2D eigenvalue weighted by molar-refractivity contribution is 7.98. The Bertz CT molecular complexity index is 1120. The van der Waals surface area contributed by atoms with Crippen LogP contribution in [-0.4, -0.2) is 19.7 Å². The van der Waals surface area contributed by atoms with Gasteiger partial charge in [0.15, 0.2) is 11.0 Å². The summed E-state index contributed by atoms with van der Waals surface area (Å²) in [6, 6.07) is 15.7. The van der Waals surface area contributed by atoms with Gasteiger partial charge in [-0.05, 0) is 44.2 Å². The number of thiazole rings is 1. The number of ether oxygens (including phenoxy) is 1. The summed E-state index contributed by atoms with van der Waals surface area (Å²) in [5.41, 5.74) is 3.45. The molecule has 154 valence electrons. The van der Waals surface area contributed by atoms with E-state index in [1.165, 1.54) is 5.56 Å². The molecule has 0 N–H and O–H groups in total. The average Bonchev–Trinajstić information content (AvgIpc) is 3.38. The van der Waals surface area contributed by atoms with Crippen molar-refractivity contribution in [3.8, 4) is 16.3 Å². The van der Waals surface area contributed by atoms with Gasteiger partial charge in [-0.25, -0.2) is 4.98 Å². The first kappa shape index (κ1) is 20.9. The third-order valence-corrected chi connectivity index (χ3v) is 6.65. The molecule has 0 atom stereocenters. The molecule has 2 heterocycles. The van der Waals surface area contributed by atoms with Crippen molar-refractivity contribution in [3.63, 3.8) is 0 Å². The van der Waals surface area contributed by atoms with Gasteiger partial charge >= 0.3 is 0 Å². The Kier molecular flexibility index (Phi) is 6.72. The van der Waals surface area contributed by atoms with Crippen LogP contribution in [0.4, 0.5) is 0 Å².